The van der Waals surface area contributed by atoms with Crippen molar-refractivity contribution in [2.75, 3.05) is 12.8 Å². The number of hydrogen-bond donors (Lipinski definition) is 1. The molecule has 0 saturated heterocycles. The molecule has 0 unspecified atom stereocenters. The average Bonchev–Trinajstić information content (AvgIpc) is 2.47. The summed E-state index contributed by atoms with van der Waals surface area (Å²) in [7, 11) is -2.07. The summed E-state index contributed by atoms with van der Waals surface area (Å²) in [5, 5.41) is 19.7. The SMILES string of the molecule is CCS(=O)(=O)N(C)[C@@H]1c2cc(C#N)ccc2OC(C)(C)[C@@H]1O. The molecule has 1 aromatic carbocycles. The van der Waals surface area contributed by atoms with Crippen LogP contribution in [0, 0.1) is 11.3 Å². The molecule has 2 rings (SSSR count). The Balaban J connectivity index is 2.64. The van der Waals surface area contributed by atoms with Crippen molar-refractivity contribution >= 4 is 10.0 Å². The van der Waals surface area contributed by atoms with Crippen LogP contribution >= 0.6 is 0 Å². The Morgan fingerprint density at radius 1 is 1.45 bits per heavy atom. The molecule has 0 radical (unpaired) electrons. The van der Waals surface area contributed by atoms with Crippen molar-refractivity contribution < 1.29 is 18.3 Å². The first-order valence-electron chi connectivity index (χ1n) is 7.01. The molecule has 0 aromatic heterocycles. The maximum Gasteiger partial charge on any atom is 0.214 e. The number of benzene rings is 1. The number of aliphatic hydroxyl groups is 1. The predicted molar refractivity (Wildman–Crippen MR) is 81.8 cm³/mol. The Kier molecular flexibility index (Phi) is 4.22. The summed E-state index contributed by atoms with van der Waals surface area (Å²) in [6.07, 6.45) is -1.06. The molecule has 1 aliphatic rings. The lowest BCUT2D eigenvalue weighted by molar-refractivity contribution is -0.0763. The molecule has 22 heavy (non-hydrogen) atoms. The number of likely N-dealkylation sites (N-methyl/N-ethyl adjacent to an activating group) is 1. The Hall–Kier alpha value is -1.62. The smallest absolute Gasteiger partial charge is 0.214 e. The van der Waals surface area contributed by atoms with E-state index >= 15 is 0 Å². The van der Waals surface area contributed by atoms with Crippen LogP contribution in [0.2, 0.25) is 0 Å². The summed E-state index contributed by atoms with van der Waals surface area (Å²) in [5.41, 5.74) is -0.0458. The van der Waals surface area contributed by atoms with Crippen LogP contribution in [0.3, 0.4) is 0 Å². The highest BCUT2D eigenvalue weighted by Crippen LogP contribution is 2.43. The maximum atomic E-state index is 12.2. The third kappa shape index (κ3) is 2.70. The van der Waals surface area contributed by atoms with Crippen LogP contribution in [-0.4, -0.2) is 42.3 Å². The summed E-state index contributed by atoms with van der Waals surface area (Å²) < 4.78 is 31.4. The van der Waals surface area contributed by atoms with Crippen molar-refractivity contribution in [2.45, 2.75) is 38.5 Å². The van der Waals surface area contributed by atoms with Gasteiger partial charge in [0.2, 0.25) is 10.0 Å². The van der Waals surface area contributed by atoms with Crippen LogP contribution in [0.15, 0.2) is 18.2 Å². The minimum absolute atomic E-state index is 0.0682. The van der Waals surface area contributed by atoms with Crippen LogP contribution in [0.25, 0.3) is 0 Å². The van der Waals surface area contributed by atoms with Gasteiger partial charge in [0.15, 0.2) is 0 Å². The molecule has 1 heterocycles. The number of hydrogen-bond acceptors (Lipinski definition) is 5. The van der Waals surface area contributed by atoms with Gasteiger partial charge in [0.05, 0.1) is 23.4 Å². The first-order chi connectivity index (χ1) is 10.1. The molecule has 0 saturated carbocycles. The number of sulfonamides is 1. The lowest BCUT2D eigenvalue weighted by Crippen LogP contribution is -2.54. The number of fused-ring (bicyclic) bond motifs is 1. The zero-order chi connectivity index (χ0) is 16.7. The standard InChI is InChI=1S/C15H20N2O4S/c1-5-22(19,20)17(4)13-11-8-10(9-16)6-7-12(11)21-15(2,3)14(13)18/h6-8,13-14,18H,5H2,1-4H3/t13-,14-/m1/s1. The van der Waals surface area contributed by atoms with Crippen molar-refractivity contribution in [1.82, 2.24) is 4.31 Å². The second-order valence-electron chi connectivity index (χ2n) is 5.88. The van der Waals surface area contributed by atoms with E-state index in [2.05, 4.69) is 0 Å². The number of nitriles is 1. The summed E-state index contributed by atoms with van der Waals surface area (Å²) in [5.74, 6) is 0.416. The summed E-state index contributed by atoms with van der Waals surface area (Å²) >= 11 is 0. The minimum atomic E-state index is -3.51. The molecule has 1 N–H and O–H groups in total. The van der Waals surface area contributed by atoms with Crippen LogP contribution in [0.4, 0.5) is 0 Å². The fourth-order valence-electron chi connectivity index (χ4n) is 2.61. The van der Waals surface area contributed by atoms with Crippen molar-refractivity contribution in [3.05, 3.63) is 29.3 Å². The van der Waals surface area contributed by atoms with E-state index in [0.717, 1.165) is 0 Å². The molecule has 2 atom stereocenters. The molecule has 6 nitrogen and oxygen atoms in total. The van der Waals surface area contributed by atoms with Crippen molar-refractivity contribution in [3.8, 4) is 11.8 Å². The first-order valence-corrected chi connectivity index (χ1v) is 8.62. The largest absolute Gasteiger partial charge is 0.485 e. The molecule has 1 aromatic rings. The molecule has 0 aliphatic carbocycles. The number of nitrogens with zero attached hydrogens (tertiary/aromatic N) is 2. The van der Waals surface area contributed by atoms with Crippen molar-refractivity contribution in [2.24, 2.45) is 0 Å². The Labute approximate surface area is 131 Å². The van der Waals surface area contributed by atoms with Gasteiger partial charge < -0.3 is 9.84 Å². The van der Waals surface area contributed by atoms with Gasteiger partial charge in [0, 0.05) is 12.6 Å². The molecule has 0 fully saturated rings. The highest BCUT2D eigenvalue weighted by Gasteiger charge is 2.47. The van der Waals surface area contributed by atoms with Gasteiger partial charge in [-0.2, -0.15) is 9.57 Å². The third-order valence-corrected chi connectivity index (χ3v) is 5.87. The molecule has 120 valence electrons. The van der Waals surface area contributed by atoms with Crippen molar-refractivity contribution in [3.63, 3.8) is 0 Å². The van der Waals surface area contributed by atoms with Crippen LogP contribution in [0.1, 0.15) is 37.9 Å². The van der Waals surface area contributed by atoms with Gasteiger partial charge in [-0.05, 0) is 39.0 Å². The highest BCUT2D eigenvalue weighted by molar-refractivity contribution is 7.89. The van der Waals surface area contributed by atoms with E-state index in [4.69, 9.17) is 10.00 Å². The van der Waals surface area contributed by atoms with Gasteiger partial charge in [0.25, 0.3) is 0 Å². The van der Waals surface area contributed by atoms with Gasteiger partial charge in [-0.15, -0.1) is 0 Å². The lowest BCUT2D eigenvalue weighted by atomic mass is 9.86. The Morgan fingerprint density at radius 3 is 2.64 bits per heavy atom. The van der Waals surface area contributed by atoms with Gasteiger partial charge >= 0.3 is 0 Å². The highest BCUT2D eigenvalue weighted by atomic mass is 32.2. The van der Waals surface area contributed by atoms with Gasteiger partial charge in [-0.1, -0.05) is 0 Å². The summed E-state index contributed by atoms with van der Waals surface area (Å²) in [4.78, 5) is 0. The van der Waals surface area contributed by atoms with E-state index in [0.29, 0.717) is 16.9 Å². The van der Waals surface area contributed by atoms with Crippen LogP contribution in [0.5, 0.6) is 5.75 Å². The molecule has 0 spiro atoms. The van der Waals surface area contributed by atoms with E-state index in [-0.39, 0.29) is 5.75 Å². The second-order valence-corrected chi connectivity index (χ2v) is 8.19. The quantitative estimate of drug-likeness (QED) is 0.908. The van der Waals surface area contributed by atoms with Crippen molar-refractivity contribution in [1.29, 1.82) is 5.26 Å². The zero-order valence-corrected chi connectivity index (χ0v) is 13.9. The van der Waals surface area contributed by atoms with Gasteiger partial charge in [-0.25, -0.2) is 8.42 Å². The predicted octanol–water partition coefficient (Wildman–Crippen LogP) is 1.41. The summed E-state index contributed by atoms with van der Waals surface area (Å²) in [6, 6.07) is 6.04. The van der Waals surface area contributed by atoms with Crippen LogP contribution < -0.4 is 4.74 Å². The van der Waals surface area contributed by atoms with E-state index in [9.17, 15) is 13.5 Å². The molecule has 0 amide bonds. The van der Waals surface area contributed by atoms with Crippen LogP contribution in [-0.2, 0) is 10.0 Å². The lowest BCUT2D eigenvalue weighted by Gasteiger charge is -2.44. The zero-order valence-electron chi connectivity index (χ0n) is 13.1. The fourth-order valence-corrected chi connectivity index (χ4v) is 3.59. The fraction of sp³-hybridized carbons (Fsp3) is 0.533. The normalized spacial score (nSPS) is 23.5. The number of aliphatic hydroxyl groups excluding tert-OH is 1. The molecule has 0 bridgehead atoms. The molecule has 1 aliphatic heterocycles. The molecular weight excluding hydrogens is 304 g/mol. The monoisotopic (exact) mass is 324 g/mol. The first kappa shape index (κ1) is 16.7. The van der Waals surface area contributed by atoms with E-state index in [1.807, 2.05) is 6.07 Å². The molecular formula is C15H20N2O4S. The topological polar surface area (TPSA) is 90.6 Å². The van der Waals surface area contributed by atoms with E-state index < -0.39 is 27.8 Å². The minimum Gasteiger partial charge on any atom is -0.485 e. The number of ether oxygens (including phenoxy) is 1. The third-order valence-electron chi connectivity index (χ3n) is 4.04. The maximum absolute atomic E-state index is 12.2. The average molecular weight is 324 g/mol. The second kappa shape index (κ2) is 5.54. The molecule has 7 heteroatoms. The van der Waals surface area contributed by atoms with E-state index in [1.165, 1.54) is 11.4 Å². The van der Waals surface area contributed by atoms with Gasteiger partial charge in [0.1, 0.15) is 17.5 Å². The number of rotatable bonds is 3. The van der Waals surface area contributed by atoms with Gasteiger partial charge in [-0.3, -0.25) is 0 Å². The Bertz CT molecular complexity index is 722. The Morgan fingerprint density at radius 2 is 2.09 bits per heavy atom. The summed E-state index contributed by atoms with van der Waals surface area (Å²) in [6.45, 7) is 4.96. The van der Waals surface area contributed by atoms with E-state index in [1.54, 1.807) is 39.0 Å².